The minimum atomic E-state index is -0.848. The molecular formula is C18H28N6O3. The summed E-state index contributed by atoms with van der Waals surface area (Å²) >= 11 is 0. The van der Waals surface area contributed by atoms with Gasteiger partial charge in [0.1, 0.15) is 18.1 Å². The van der Waals surface area contributed by atoms with Crippen LogP contribution in [0.1, 0.15) is 40.0 Å². The van der Waals surface area contributed by atoms with Gasteiger partial charge in [-0.15, -0.1) is 0 Å². The lowest BCUT2D eigenvalue weighted by Gasteiger charge is -2.36. The molecule has 0 aromatic heterocycles. The minimum Gasteiger partial charge on any atom is -0.334 e. The van der Waals surface area contributed by atoms with E-state index in [9.17, 15) is 14.4 Å². The molecule has 148 valence electrons. The molecule has 0 aliphatic carbocycles. The number of nitriles is 1. The highest BCUT2D eigenvalue weighted by Gasteiger charge is 2.52. The summed E-state index contributed by atoms with van der Waals surface area (Å²) in [7, 11) is 0. The van der Waals surface area contributed by atoms with Gasteiger partial charge in [-0.25, -0.2) is 4.79 Å². The Bertz CT molecular complexity index is 682. The van der Waals surface area contributed by atoms with E-state index in [1.807, 2.05) is 20.8 Å². The fourth-order valence-corrected chi connectivity index (χ4v) is 4.17. The van der Waals surface area contributed by atoms with Crippen molar-refractivity contribution in [2.24, 2.45) is 5.73 Å². The molecule has 0 unspecified atom stereocenters. The normalized spacial score (nSPS) is 28.5. The van der Waals surface area contributed by atoms with Gasteiger partial charge < -0.3 is 25.8 Å². The first kappa shape index (κ1) is 19.4. The summed E-state index contributed by atoms with van der Waals surface area (Å²) in [4.78, 5) is 42.4. The Hall–Kier alpha value is -2.34. The van der Waals surface area contributed by atoms with E-state index in [4.69, 9.17) is 11.0 Å². The minimum absolute atomic E-state index is 0.114. The number of carbonyl (C=O) groups is 3. The summed E-state index contributed by atoms with van der Waals surface area (Å²) < 4.78 is 0. The molecule has 27 heavy (non-hydrogen) atoms. The summed E-state index contributed by atoms with van der Waals surface area (Å²) in [6.07, 6.45) is 2.03. The summed E-state index contributed by atoms with van der Waals surface area (Å²) in [5, 5.41) is 12.0. The number of hydrogen-bond donors (Lipinski definition) is 2. The van der Waals surface area contributed by atoms with Crippen LogP contribution in [0, 0.1) is 11.3 Å². The molecule has 4 amide bonds. The fraction of sp³-hybridized carbons (Fsp3) is 0.778. The van der Waals surface area contributed by atoms with Crippen molar-refractivity contribution >= 4 is 17.8 Å². The van der Waals surface area contributed by atoms with Crippen LogP contribution in [0.3, 0.4) is 0 Å². The number of amides is 4. The first-order valence-electron chi connectivity index (χ1n) is 9.47. The molecule has 3 saturated heterocycles. The molecule has 0 spiro atoms. The van der Waals surface area contributed by atoms with E-state index >= 15 is 0 Å². The van der Waals surface area contributed by atoms with Gasteiger partial charge in [0.2, 0.25) is 11.8 Å². The number of likely N-dealkylation sites (tertiary alicyclic amines) is 3. The predicted octanol–water partition coefficient (Wildman–Crippen LogP) is -0.379. The van der Waals surface area contributed by atoms with Crippen LogP contribution in [0.15, 0.2) is 0 Å². The van der Waals surface area contributed by atoms with Gasteiger partial charge in [0, 0.05) is 25.2 Å². The van der Waals surface area contributed by atoms with Crippen molar-refractivity contribution in [3.05, 3.63) is 0 Å². The average Bonchev–Trinajstić information content (AvgIpc) is 3.28. The third-order valence-corrected chi connectivity index (χ3v) is 5.43. The molecular weight excluding hydrogens is 348 g/mol. The van der Waals surface area contributed by atoms with Crippen LogP contribution in [-0.2, 0) is 9.59 Å². The van der Waals surface area contributed by atoms with Gasteiger partial charge in [0.15, 0.2) is 0 Å². The van der Waals surface area contributed by atoms with Crippen molar-refractivity contribution < 1.29 is 14.4 Å². The maximum atomic E-state index is 12.7. The molecule has 2 bridgehead atoms. The van der Waals surface area contributed by atoms with Crippen LogP contribution in [0.2, 0.25) is 0 Å². The Morgan fingerprint density at radius 2 is 2.07 bits per heavy atom. The first-order valence-corrected chi connectivity index (χ1v) is 9.47. The molecule has 0 saturated carbocycles. The van der Waals surface area contributed by atoms with E-state index in [0.29, 0.717) is 25.9 Å². The number of nitrogens with one attached hydrogen (secondary N) is 1. The molecule has 3 aliphatic heterocycles. The lowest BCUT2D eigenvalue weighted by molar-refractivity contribution is -0.138. The van der Waals surface area contributed by atoms with Gasteiger partial charge in [0.25, 0.3) is 0 Å². The van der Waals surface area contributed by atoms with Crippen LogP contribution in [0.4, 0.5) is 4.79 Å². The third-order valence-electron chi connectivity index (χ3n) is 5.43. The van der Waals surface area contributed by atoms with E-state index < -0.39 is 18.1 Å². The van der Waals surface area contributed by atoms with Gasteiger partial charge in [0.05, 0.1) is 12.1 Å². The molecule has 4 atom stereocenters. The second-order valence-corrected chi connectivity index (χ2v) is 8.65. The summed E-state index contributed by atoms with van der Waals surface area (Å²) in [6.45, 7) is 6.79. The van der Waals surface area contributed by atoms with E-state index in [-0.39, 0.29) is 36.0 Å². The number of nitrogens with two attached hydrogens (primary N) is 1. The topological polar surface area (TPSA) is 123 Å². The summed E-state index contributed by atoms with van der Waals surface area (Å²) in [6, 6.07) is 0.0209. The zero-order valence-corrected chi connectivity index (χ0v) is 16.1. The van der Waals surface area contributed by atoms with Crippen LogP contribution < -0.4 is 11.1 Å². The number of urea groups is 1. The predicted molar refractivity (Wildman–Crippen MR) is 97.2 cm³/mol. The van der Waals surface area contributed by atoms with Crippen molar-refractivity contribution in [1.29, 1.82) is 5.26 Å². The number of fused-ring (bicyclic) bond motifs is 2. The molecule has 3 N–H and O–H groups in total. The standard InChI is InChI=1S/C18H28N6O3/c1-18(2,3)21-17(27)24-9-12-7-14(24)16(26)23(12)10-13(20)15(25)22-6-4-5-11(22)8-19/h11-14H,4-7,9-10,20H2,1-3H3,(H,21,27)/t11-,12-,13-,14-/m0/s1. The highest BCUT2D eigenvalue weighted by atomic mass is 16.2. The molecule has 3 rings (SSSR count). The highest BCUT2D eigenvalue weighted by molar-refractivity contribution is 5.92. The van der Waals surface area contributed by atoms with Gasteiger partial charge in [-0.05, 0) is 40.0 Å². The van der Waals surface area contributed by atoms with E-state index in [1.54, 1.807) is 9.80 Å². The molecule has 9 nitrogen and oxygen atoms in total. The van der Waals surface area contributed by atoms with Crippen molar-refractivity contribution in [3.63, 3.8) is 0 Å². The van der Waals surface area contributed by atoms with Crippen LogP contribution in [-0.4, -0.2) is 81.9 Å². The molecule has 3 heterocycles. The quantitative estimate of drug-likeness (QED) is 0.695. The average molecular weight is 376 g/mol. The lowest BCUT2D eigenvalue weighted by atomic mass is 10.1. The smallest absolute Gasteiger partial charge is 0.318 e. The zero-order valence-electron chi connectivity index (χ0n) is 16.1. The lowest BCUT2D eigenvalue weighted by Crippen LogP contribution is -2.60. The monoisotopic (exact) mass is 376 g/mol. The maximum absolute atomic E-state index is 12.7. The Labute approximate surface area is 159 Å². The molecule has 0 aromatic carbocycles. The van der Waals surface area contributed by atoms with Gasteiger partial charge in [-0.3, -0.25) is 9.59 Å². The van der Waals surface area contributed by atoms with Gasteiger partial charge in [-0.1, -0.05) is 0 Å². The van der Waals surface area contributed by atoms with Crippen molar-refractivity contribution in [3.8, 4) is 6.07 Å². The Balaban J connectivity index is 1.59. The van der Waals surface area contributed by atoms with Crippen molar-refractivity contribution in [2.45, 2.75) is 69.7 Å². The fourth-order valence-electron chi connectivity index (χ4n) is 4.17. The van der Waals surface area contributed by atoms with Crippen molar-refractivity contribution in [2.75, 3.05) is 19.6 Å². The zero-order chi connectivity index (χ0) is 19.9. The van der Waals surface area contributed by atoms with Crippen molar-refractivity contribution in [1.82, 2.24) is 20.0 Å². The first-order chi connectivity index (χ1) is 12.6. The van der Waals surface area contributed by atoms with E-state index in [2.05, 4.69) is 11.4 Å². The Morgan fingerprint density at radius 1 is 1.37 bits per heavy atom. The third kappa shape index (κ3) is 3.72. The molecule has 3 fully saturated rings. The molecule has 9 heteroatoms. The van der Waals surface area contributed by atoms with Gasteiger partial charge in [-0.2, -0.15) is 5.26 Å². The van der Waals surface area contributed by atoms with Crippen LogP contribution >= 0.6 is 0 Å². The van der Waals surface area contributed by atoms with Crippen LogP contribution in [0.5, 0.6) is 0 Å². The maximum Gasteiger partial charge on any atom is 0.318 e. The summed E-state index contributed by atoms with van der Waals surface area (Å²) in [5.41, 5.74) is 5.71. The van der Waals surface area contributed by atoms with Gasteiger partial charge >= 0.3 is 6.03 Å². The van der Waals surface area contributed by atoms with E-state index in [0.717, 1.165) is 6.42 Å². The highest BCUT2D eigenvalue weighted by Crippen LogP contribution is 2.32. The molecule has 0 aromatic rings. The Morgan fingerprint density at radius 3 is 2.67 bits per heavy atom. The molecule has 3 aliphatic rings. The largest absolute Gasteiger partial charge is 0.334 e. The van der Waals surface area contributed by atoms with E-state index in [1.165, 1.54) is 4.90 Å². The number of carbonyl (C=O) groups excluding carboxylic acids is 3. The number of hydrogen-bond acceptors (Lipinski definition) is 5. The summed E-state index contributed by atoms with van der Waals surface area (Å²) in [5.74, 6) is -0.436. The number of piperazine rings is 1. The number of rotatable bonds is 3. The molecule has 0 radical (unpaired) electrons. The van der Waals surface area contributed by atoms with Crippen LogP contribution in [0.25, 0.3) is 0 Å². The SMILES string of the molecule is CC(C)(C)NC(=O)N1C[C@@H]2C[C@H]1C(=O)N2C[C@H](N)C(=O)N1CCC[C@H]1C#N. The second kappa shape index (κ2) is 7.00. The second-order valence-electron chi connectivity index (χ2n) is 8.65. The number of nitrogens with zero attached hydrogens (tertiary/aromatic N) is 4. The Kier molecular flexibility index (Phi) is 5.04.